The highest BCUT2D eigenvalue weighted by Gasteiger charge is 2.28. The van der Waals surface area contributed by atoms with E-state index in [1.807, 2.05) is 6.92 Å². The van der Waals surface area contributed by atoms with Crippen LogP contribution in [-0.4, -0.2) is 28.0 Å². The highest BCUT2D eigenvalue weighted by Crippen LogP contribution is 2.23. The number of ketones is 1. The zero-order chi connectivity index (χ0) is 14.3. The molecule has 2 heterocycles. The van der Waals surface area contributed by atoms with Crippen molar-refractivity contribution in [3.8, 4) is 0 Å². The number of Topliss-reactive ketones (excluding diaryl/α,β-unsaturated/α-hetero) is 1. The largest absolute Gasteiger partial charge is 0.367 e. The third-order valence-electron chi connectivity index (χ3n) is 3.53. The SMILES string of the molecule is CC1CCC(C(=O)c2ccc3[nH]c(=O)c(=O)[nH]c3c2)O1. The van der Waals surface area contributed by atoms with Crippen molar-refractivity contribution in [2.45, 2.75) is 32.0 Å². The van der Waals surface area contributed by atoms with Crippen LogP contribution in [0, 0.1) is 0 Å². The average molecular weight is 274 g/mol. The van der Waals surface area contributed by atoms with E-state index < -0.39 is 17.2 Å². The molecule has 1 aliphatic heterocycles. The van der Waals surface area contributed by atoms with Gasteiger partial charge in [0.1, 0.15) is 6.10 Å². The molecule has 0 aliphatic carbocycles. The maximum Gasteiger partial charge on any atom is 0.314 e. The Kier molecular flexibility index (Phi) is 3.02. The van der Waals surface area contributed by atoms with Crippen LogP contribution in [0.4, 0.5) is 0 Å². The van der Waals surface area contributed by atoms with Crippen LogP contribution in [0.1, 0.15) is 30.1 Å². The molecule has 0 saturated carbocycles. The summed E-state index contributed by atoms with van der Waals surface area (Å²) in [7, 11) is 0. The number of hydrogen-bond acceptors (Lipinski definition) is 4. The molecule has 104 valence electrons. The van der Waals surface area contributed by atoms with Crippen molar-refractivity contribution in [2.75, 3.05) is 0 Å². The van der Waals surface area contributed by atoms with E-state index in [4.69, 9.17) is 4.74 Å². The fraction of sp³-hybridized carbons (Fsp3) is 0.357. The minimum absolute atomic E-state index is 0.0942. The topological polar surface area (TPSA) is 92.0 Å². The van der Waals surface area contributed by atoms with Crippen molar-refractivity contribution in [3.05, 3.63) is 44.5 Å². The Hall–Kier alpha value is -2.21. The molecular formula is C14H14N2O4. The maximum absolute atomic E-state index is 12.3. The van der Waals surface area contributed by atoms with Crippen LogP contribution in [0.3, 0.4) is 0 Å². The molecule has 3 rings (SSSR count). The van der Waals surface area contributed by atoms with Gasteiger partial charge in [-0.3, -0.25) is 14.4 Å². The van der Waals surface area contributed by atoms with Crippen molar-refractivity contribution in [3.63, 3.8) is 0 Å². The quantitative estimate of drug-likeness (QED) is 0.630. The zero-order valence-electron chi connectivity index (χ0n) is 10.9. The van der Waals surface area contributed by atoms with Crippen LogP contribution in [0.25, 0.3) is 11.0 Å². The lowest BCUT2D eigenvalue weighted by Crippen LogP contribution is -2.29. The Bertz CT molecular complexity index is 790. The number of ether oxygens (including phenoxy) is 1. The Morgan fingerprint density at radius 3 is 2.50 bits per heavy atom. The van der Waals surface area contributed by atoms with Crippen molar-refractivity contribution in [1.82, 2.24) is 9.97 Å². The van der Waals surface area contributed by atoms with E-state index in [0.717, 1.165) is 6.42 Å². The summed E-state index contributed by atoms with van der Waals surface area (Å²) >= 11 is 0. The number of fused-ring (bicyclic) bond motifs is 1. The number of nitrogens with one attached hydrogen (secondary N) is 2. The summed E-state index contributed by atoms with van der Waals surface area (Å²) in [6.07, 6.45) is 1.26. The summed E-state index contributed by atoms with van der Waals surface area (Å²) in [5, 5.41) is 0. The van der Waals surface area contributed by atoms with Gasteiger partial charge in [0.25, 0.3) is 0 Å². The first-order valence-electron chi connectivity index (χ1n) is 6.50. The summed E-state index contributed by atoms with van der Waals surface area (Å²) in [5.41, 5.74) is -0.0324. The lowest BCUT2D eigenvalue weighted by Gasteiger charge is -2.10. The molecule has 0 amide bonds. The molecule has 20 heavy (non-hydrogen) atoms. The standard InChI is InChI=1S/C14H14N2O4/c1-7-2-5-11(20-7)12(17)8-3-4-9-10(6-8)16-14(19)13(18)15-9/h3-4,6-7,11H,2,5H2,1H3,(H,15,18)(H,16,19). The first-order valence-corrected chi connectivity index (χ1v) is 6.50. The van der Waals surface area contributed by atoms with Crippen molar-refractivity contribution < 1.29 is 9.53 Å². The number of carbonyl (C=O) groups is 1. The van der Waals surface area contributed by atoms with Gasteiger partial charge in [-0.2, -0.15) is 0 Å². The first-order chi connectivity index (χ1) is 9.54. The number of H-pyrrole nitrogens is 2. The van der Waals surface area contributed by atoms with Crippen LogP contribution in [0.15, 0.2) is 27.8 Å². The zero-order valence-corrected chi connectivity index (χ0v) is 10.9. The van der Waals surface area contributed by atoms with Crippen LogP contribution in [0.2, 0.25) is 0 Å². The summed E-state index contributed by atoms with van der Waals surface area (Å²) in [5.74, 6) is -0.0942. The Labute approximate surface area is 113 Å². The molecule has 0 bridgehead atoms. The Morgan fingerprint density at radius 2 is 1.85 bits per heavy atom. The minimum Gasteiger partial charge on any atom is -0.367 e. The first kappa shape index (κ1) is 12.8. The molecule has 2 aromatic rings. The molecule has 1 fully saturated rings. The molecule has 1 aromatic heterocycles. The highest BCUT2D eigenvalue weighted by molar-refractivity contribution is 6.01. The van der Waals surface area contributed by atoms with E-state index in [-0.39, 0.29) is 11.9 Å². The minimum atomic E-state index is -0.729. The molecule has 2 N–H and O–H groups in total. The average Bonchev–Trinajstić information content (AvgIpc) is 2.85. The lowest BCUT2D eigenvalue weighted by molar-refractivity contribution is 0.0433. The normalized spacial score (nSPS) is 22.2. The summed E-state index contributed by atoms with van der Waals surface area (Å²) in [6, 6.07) is 4.81. The van der Waals surface area contributed by atoms with Crippen molar-refractivity contribution in [2.24, 2.45) is 0 Å². The summed E-state index contributed by atoms with van der Waals surface area (Å²) in [6.45, 7) is 1.94. The molecule has 6 nitrogen and oxygen atoms in total. The van der Waals surface area contributed by atoms with Crippen molar-refractivity contribution in [1.29, 1.82) is 0 Å². The number of benzene rings is 1. The molecule has 2 atom stereocenters. The van der Waals surface area contributed by atoms with Gasteiger partial charge in [-0.25, -0.2) is 0 Å². The van der Waals surface area contributed by atoms with Crippen LogP contribution in [0.5, 0.6) is 0 Å². The highest BCUT2D eigenvalue weighted by atomic mass is 16.5. The molecule has 2 unspecified atom stereocenters. The van der Waals surface area contributed by atoms with E-state index >= 15 is 0 Å². The van der Waals surface area contributed by atoms with Gasteiger partial charge < -0.3 is 14.7 Å². The number of aromatic amines is 2. The van der Waals surface area contributed by atoms with Gasteiger partial charge in [0, 0.05) is 5.56 Å². The second kappa shape index (κ2) is 4.72. The van der Waals surface area contributed by atoms with E-state index in [0.29, 0.717) is 23.0 Å². The van der Waals surface area contributed by atoms with Crippen molar-refractivity contribution >= 4 is 16.8 Å². The lowest BCUT2D eigenvalue weighted by atomic mass is 10.0. The molecule has 0 spiro atoms. The Morgan fingerprint density at radius 1 is 1.15 bits per heavy atom. The number of aromatic nitrogens is 2. The fourth-order valence-corrected chi connectivity index (χ4v) is 2.45. The van der Waals surface area contributed by atoms with Crippen LogP contribution >= 0.6 is 0 Å². The molecule has 1 aliphatic rings. The number of hydrogen-bond donors (Lipinski definition) is 2. The fourth-order valence-electron chi connectivity index (χ4n) is 2.45. The monoisotopic (exact) mass is 274 g/mol. The van der Waals surface area contributed by atoms with Gasteiger partial charge in [0.15, 0.2) is 5.78 Å². The maximum atomic E-state index is 12.3. The van der Waals surface area contributed by atoms with Gasteiger partial charge in [-0.1, -0.05) is 0 Å². The van der Waals surface area contributed by atoms with Gasteiger partial charge in [0.05, 0.1) is 17.1 Å². The molecule has 6 heteroatoms. The summed E-state index contributed by atoms with van der Waals surface area (Å²) in [4.78, 5) is 39.7. The predicted molar refractivity (Wildman–Crippen MR) is 73.1 cm³/mol. The predicted octanol–water partition coefficient (Wildman–Crippen LogP) is 0.967. The van der Waals surface area contributed by atoms with E-state index in [1.54, 1.807) is 18.2 Å². The van der Waals surface area contributed by atoms with Gasteiger partial charge in [-0.15, -0.1) is 0 Å². The molecular weight excluding hydrogens is 260 g/mol. The van der Waals surface area contributed by atoms with Gasteiger partial charge in [0.2, 0.25) is 0 Å². The second-order valence-electron chi connectivity index (χ2n) is 5.05. The van der Waals surface area contributed by atoms with Crippen LogP contribution in [-0.2, 0) is 4.74 Å². The van der Waals surface area contributed by atoms with Gasteiger partial charge >= 0.3 is 11.1 Å². The molecule has 1 aromatic carbocycles. The van der Waals surface area contributed by atoms with E-state index in [2.05, 4.69) is 9.97 Å². The second-order valence-corrected chi connectivity index (χ2v) is 5.05. The summed E-state index contributed by atoms with van der Waals surface area (Å²) < 4.78 is 5.55. The Balaban J connectivity index is 2.00. The third kappa shape index (κ3) is 2.18. The van der Waals surface area contributed by atoms with Crippen LogP contribution < -0.4 is 11.1 Å². The number of carbonyl (C=O) groups excluding carboxylic acids is 1. The molecule has 1 saturated heterocycles. The molecule has 0 radical (unpaired) electrons. The third-order valence-corrected chi connectivity index (χ3v) is 3.53. The van der Waals surface area contributed by atoms with Gasteiger partial charge in [-0.05, 0) is 38.0 Å². The van der Waals surface area contributed by atoms with E-state index in [1.165, 1.54) is 0 Å². The van der Waals surface area contributed by atoms with E-state index in [9.17, 15) is 14.4 Å². The smallest absolute Gasteiger partial charge is 0.314 e. The number of rotatable bonds is 2.